The Balaban J connectivity index is 2.54. The molecule has 0 radical (unpaired) electrons. The minimum absolute atomic E-state index is 0.830. The van der Waals surface area contributed by atoms with E-state index >= 15 is 0 Å². The topological polar surface area (TPSA) is 35.2 Å². The molecule has 0 aliphatic carbocycles. The van der Waals surface area contributed by atoms with Crippen LogP contribution in [-0.4, -0.2) is 7.11 Å². The maximum Gasteiger partial charge on any atom is 0.121 e. The first-order valence-corrected chi connectivity index (χ1v) is 5.63. The fourth-order valence-electron chi connectivity index (χ4n) is 2.01. The van der Waals surface area contributed by atoms with Crippen LogP contribution in [0.4, 0.5) is 5.69 Å². The summed E-state index contributed by atoms with van der Waals surface area (Å²) >= 11 is 0. The fraction of sp³-hybridized carbons (Fsp3) is 0.200. The molecule has 2 rings (SSSR count). The second-order valence-electron chi connectivity index (χ2n) is 4.20. The lowest BCUT2D eigenvalue weighted by molar-refractivity contribution is 0.412. The van der Waals surface area contributed by atoms with Crippen molar-refractivity contribution in [1.82, 2.24) is 0 Å². The fourth-order valence-corrected chi connectivity index (χ4v) is 2.01. The standard InChI is InChI=1S/C15H17NO/c1-10-9-12(7-8-15(10)17-3)13-5-4-6-14(16)11(13)2/h4-9H,16H2,1-3H3. The van der Waals surface area contributed by atoms with Gasteiger partial charge in [0.15, 0.2) is 0 Å². The summed E-state index contributed by atoms with van der Waals surface area (Å²) < 4.78 is 5.27. The van der Waals surface area contributed by atoms with Crippen LogP contribution in [0.5, 0.6) is 5.75 Å². The molecule has 2 N–H and O–H groups in total. The molecule has 0 amide bonds. The van der Waals surface area contributed by atoms with Crippen LogP contribution in [0.3, 0.4) is 0 Å². The number of ether oxygens (including phenoxy) is 1. The Hall–Kier alpha value is -1.96. The number of nitrogens with two attached hydrogens (primary N) is 1. The van der Waals surface area contributed by atoms with E-state index in [4.69, 9.17) is 10.5 Å². The van der Waals surface area contributed by atoms with Crippen LogP contribution in [-0.2, 0) is 0 Å². The SMILES string of the molecule is COc1ccc(-c2cccc(N)c2C)cc1C. The summed E-state index contributed by atoms with van der Waals surface area (Å²) in [6.45, 7) is 4.09. The molecular formula is C15H17NO. The number of rotatable bonds is 2. The highest BCUT2D eigenvalue weighted by atomic mass is 16.5. The van der Waals surface area contributed by atoms with Gasteiger partial charge in [0.2, 0.25) is 0 Å². The zero-order valence-corrected chi connectivity index (χ0v) is 10.4. The number of hydrogen-bond donors (Lipinski definition) is 1. The van der Waals surface area contributed by atoms with Gasteiger partial charge in [0.25, 0.3) is 0 Å². The predicted molar refractivity (Wildman–Crippen MR) is 72.3 cm³/mol. The highest BCUT2D eigenvalue weighted by Crippen LogP contribution is 2.30. The Kier molecular flexibility index (Phi) is 3.05. The van der Waals surface area contributed by atoms with Crippen molar-refractivity contribution in [3.05, 3.63) is 47.5 Å². The summed E-state index contributed by atoms with van der Waals surface area (Å²) in [5.74, 6) is 0.912. The number of benzene rings is 2. The molecule has 0 spiro atoms. The number of nitrogen functional groups attached to an aromatic ring is 1. The highest BCUT2D eigenvalue weighted by Gasteiger charge is 2.06. The first-order chi connectivity index (χ1) is 8.13. The maximum absolute atomic E-state index is 5.93. The molecule has 0 aromatic heterocycles. The molecule has 0 saturated heterocycles. The smallest absolute Gasteiger partial charge is 0.121 e. The summed E-state index contributed by atoms with van der Waals surface area (Å²) in [6, 6.07) is 12.2. The van der Waals surface area contributed by atoms with Crippen LogP contribution >= 0.6 is 0 Å². The van der Waals surface area contributed by atoms with E-state index in [0.29, 0.717) is 0 Å². The molecule has 2 heteroatoms. The maximum atomic E-state index is 5.93. The summed E-state index contributed by atoms with van der Waals surface area (Å²) in [7, 11) is 1.69. The molecule has 0 saturated carbocycles. The van der Waals surface area contributed by atoms with Crippen molar-refractivity contribution in [2.75, 3.05) is 12.8 Å². The van der Waals surface area contributed by atoms with Gasteiger partial charge in [-0.2, -0.15) is 0 Å². The molecule has 88 valence electrons. The molecule has 0 fully saturated rings. The Labute approximate surface area is 102 Å². The molecule has 0 unspecified atom stereocenters. The monoisotopic (exact) mass is 227 g/mol. The van der Waals surface area contributed by atoms with Crippen LogP contribution in [0.1, 0.15) is 11.1 Å². The van der Waals surface area contributed by atoms with Crippen molar-refractivity contribution in [2.45, 2.75) is 13.8 Å². The van der Waals surface area contributed by atoms with E-state index in [2.05, 4.69) is 18.2 Å². The quantitative estimate of drug-likeness (QED) is 0.796. The number of anilines is 1. The lowest BCUT2D eigenvalue weighted by atomic mass is 9.98. The Morgan fingerprint density at radius 2 is 1.82 bits per heavy atom. The third kappa shape index (κ3) is 2.11. The van der Waals surface area contributed by atoms with Gasteiger partial charge < -0.3 is 10.5 Å². The van der Waals surface area contributed by atoms with Crippen molar-refractivity contribution in [1.29, 1.82) is 0 Å². The molecule has 2 nitrogen and oxygen atoms in total. The van der Waals surface area contributed by atoms with E-state index in [1.54, 1.807) is 7.11 Å². The van der Waals surface area contributed by atoms with Crippen LogP contribution < -0.4 is 10.5 Å². The summed E-state index contributed by atoms with van der Waals surface area (Å²) in [5, 5.41) is 0. The number of methoxy groups -OCH3 is 1. The zero-order chi connectivity index (χ0) is 12.4. The van der Waals surface area contributed by atoms with Crippen molar-refractivity contribution in [3.63, 3.8) is 0 Å². The molecule has 2 aromatic rings. The second-order valence-corrected chi connectivity index (χ2v) is 4.20. The lowest BCUT2D eigenvalue weighted by Gasteiger charge is -2.11. The van der Waals surface area contributed by atoms with E-state index in [9.17, 15) is 0 Å². The van der Waals surface area contributed by atoms with Gasteiger partial charge in [-0.1, -0.05) is 18.2 Å². The third-order valence-corrected chi connectivity index (χ3v) is 3.08. The van der Waals surface area contributed by atoms with Crippen molar-refractivity contribution < 1.29 is 4.74 Å². The molecule has 17 heavy (non-hydrogen) atoms. The summed E-state index contributed by atoms with van der Waals surface area (Å²) in [4.78, 5) is 0. The van der Waals surface area contributed by atoms with Gasteiger partial charge in [0.05, 0.1) is 7.11 Å². The molecule has 0 aliphatic heterocycles. The van der Waals surface area contributed by atoms with Crippen molar-refractivity contribution in [3.8, 4) is 16.9 Å². The molecule has 0 aliphatic rings. The van der Waals surface area contributed by atoms with Gasteiger partial charge in [-0.25, -0.2) is 0 Å². The van der Waals surface area contributed by atoms with Gasteiger partial charge in [-0.05, 0) is 54.3 Å². The van der Waals surface area contributed by atoms with Crippen LogP contribution in [0.25, 0.3) is 11.1 Å². The first kappa shape index (κ1) is 11.5. The zero-order valence-electron chi connectivity index (χ0n) is 10.4. The molecule has 0 bridgehead atoms. The van der Waals surface area contributed by atoms with E-state index < -0.39 is 0 Å². The Bertz CT molecular complexity index is 547. The minimum Gasteiger partial charge on any atom is -0.496 e. The van der Waals surface area contributed by atoms with E-state index in [1.807, 2.05) is 32.0 Å². The lowest BCUT2D eigenvalue weighted by Crippen LogP contribution is -1.93. The van der Waals surface area contributed by atoms with E-state index in [-0.39, 0.29) is 0 Å². The number of aryl methyl sites for hydroxylation is 1. The largest absolute Gasteiger partial charge is 0.496 e. The van der Waals surface area contributed by atoms with Gasteiger partial charge in [-0.3, -0.25) is 0 Å². The van der Waals surface area contributed by atoms with Crippen molar-refractivity contribution in [2.24, 2.45) is 0 Å². The van der Waals surface area contributed by atoms with Crippen molar-refractivity contribution >= 4 is 5.69 Å². The number of hydrogen-bond acceptors (Lipinski definition) is 2. The molecule has 0 atom stereocenters. The van der Waals surface area contributed by atoms with Gasteiger partial charge in [-0.15, -0.1) is 0 Å². The average molecular weight is 227 g/mol. The van der Waals surface area contributed by atoms with Crippen LogP contribution in [0.2, 0.25) is 0 Å². The molecule has 2 aromatic carbocycles. The Morgan fingerprint density at radius 1 is 1.06 bits per heavy atom. The van der Waals surface area contributed by atoms with Crippen LogP contribution in [0, 0.1) is 13.8 Å². The molecule has 0 heterocycles. The average Bonchev–Trinajstić information content (AvgIpc) is 2.32. The Morgan fingerprint density at radius 3 is 2.47 bits per heavy atom. The summed E-state index contributed by atoms with van der Waals surface area (Å²) in [6.07, 6.45) is 0. The van der Waals surface area contributed by atoms with E-state index in [0.717, 1.165) is 22.6 Å². The van der Waals surface area contributed by atoms with Gasteiger partial charge in [0.1, 0.15) is 5.75 Å². The van der Waals surface area contributed by atoms with Gasteiger partial charge in [0, 0.05) is 5.69 Å². The third-order valence-electron chi connectivity index (χ3n) is 3.08. The summed E-state index contributed by atoms with van der Waals surface area (Å²) in [5.41, 5.74) is 11.4. The first-order valence-electron chi connectivity index (χ1n) is 5.63. The van der Waals surface area contributed by atoms with Gasteiger partial charge >= 0.3 is 0 Å². The normalized spacial score (nSPS) is 10.3. The highest BCUT2D eigenvalue weighted by molar-refractivity contribution is 5.73. The minimum atomic E-state index is 0.830. The van der Waals surface area contributed by atoms with E-state index in [1.165, 1.54) is 11.1 Å². The van der Waals surface area contributed by atoms with Crippen LogP contribution in [0.15, 0.2) is 36.4 Å². The second kappa shape index (κ2) is 4.50. The predicted octanol–water partition coefficient (Wildman–Crippen LogP) is 3.56. The molecular weight excluding hydrogens is 210 g/mol.